The van der Waals surface area contributed by atoms with E-state index in [2.05, 4.69) is 10.5 Å². The summed E-state index contributed by atoms with van der Waals surface area (Å²) in [6.07, 6.45) is 4.53. The molecule has 0 spiro atoms. The molecular weight excluding hydrogens is 258 g/mol. The second-order valence-electron chi connectivity index (χ2n) is 4.59. The standard InChI is InChI=1S/C14H13N3O3/c18-17(19)11-6-4-10(5-7-11)15-16-13-2-1-3-14-12(13)8-9-20-14/h4-9,15H,1-3H2. The van der Waals surface area contributed by atoms with Gasteiger partial charge in [-0.25, -0.2) is 0 Å². The second kappa shape index (κ2) is 5.16. The summed E-state index contributed by atoms with van der Waals surface area (Å²) in [6, 6.07) is 8.10. The monoisotopic (exact) mass is 271 g/mol. The van der Waals surface area contributed by atoms with Gasteiger partial charge in [0.15, 0.2) is 0 Å². The second-order valence-corrected chi connectivity index (χ2v) is 4.59. The number of nitrogens with one attached hydrogen (secondary N) is 1. The van der Waals surface area contributed by atoms with Crippen molar-refractivity contribution in [3.05, 3.63) is 58.0 Å². The Balaban J connectivity index is 1.77. The van der Waals surface area contributed by atoms with Crippen LogP contribution in [0.15, 0.2) is 46.1 Å². The van der Waals surface area contributed by atoms with Crippen LogP contribution >= 0.6 is 0 Å². The first-order valence-electron chi connectivity index (χ1n) is 6.38. The lowest BCUT2D eigenvalue weighted by molar-refractivity contribution is -0.384. The van der Waals surface area contributed by atoms with E-state index in [-0.39, 0.29) is 5.69 Å². The van der Waals surface area contributed by atoms with Gasteiger partial charge in [0.2, 0.25) is 0 Å². The Morgan fingerprint density at radius 1 is 1.20 bits per heavy atom. The molecule has 0 aliphatic heterocycles. The molecule has 1 aromatic heterocycles. The predicted molar refractivity (Wildman–Crippen MR) is 74.9 cm³/mol. The summed E-state index contributed by atoms with van der Waals surface area (Å²) in [7, 11) is 0. The fourth-order valence-corrected chi connectivity index (χ4v) is 2.25. The van der Waals surface area contributed by atoms with Gasteiger partial charge in [-0.15, -0.1) is 0 Å². The molecule has 0 bridgehead atoms. The van der Waals surface area contributed by atoms with Crippen LogP contribution in [0.25, 0.3) is 0 Å². The summed E-state index contributed by atoms with van der Waals surface area (Å²) in [4.78, 5) is 10.2. The summed E-state index contributed by atoms with van der Waals surface area (Å²) in [5.41, 5.74) is 5.73. The largest absolute Gasteiger partial charge is 0.469 e. The molecule has 0 amide bonds. The molecule has 20 heavy (non-hydrogen) atoms. The molecule has 6 nitrogen and oxygen atoms in total. The number of hydrazone groups is 1. The molecule has 6 heteroatoms. The van der Waals surface area contributed by atoms with Crippen LogP contribution in [0.4, 0.5) is 11.4 Å². The lowest BCUT2D eigenvalue weighted by Gasteiger charge is -2.12. The number of rotatable bonds is 3. The van der Waals surface area contributed by atoms with Crippen LogP contribution in [0.3, 0.4) is 0 Å². The van der Waals surface area contributed by atoms with Gasteiger partial charge < -0.3 is 4.42 Å². The highest BCUT2D eigenvalue weighted by molar-refractivity contribution is 6.02. The lowest BCUT2D eigenvalue weighted by atomic mass is 9.97. The Bertz CT molecular complexity index is 659. The van der Waals surface area contributed by atoms with Crippen LogP contribution in [0.5, 0.6) is 0 Å². The molecule has 0 saturated heterocycles. The Hall–Kier alpha value is -2.63. The molecule has 3 rings (SSSR count). The van der Waals surface area contributed by atoms with Crippen molar-refractivity contribution < 1.29 is 9.34 Å². The van der Waals surface area contributed by atoms with Crippen molar-refractivity contribution in [2.24, 2.45) is 5.10 Å². The number of furan rings is 1. The van der Waals surface area contributed by atoms with Gasteiger partial charge in [0.1, 0.15) is 5.76 Å². The molecule has 0 fully saturated rings. The van der Waals surface area contributed by atoms with E-state index >= 15 is 0 Å². The average Bonchev–Trinajstić information content (AvgIpc) is 2.94. The summed E-state index contributed by atoms with van der Waals surface area (Å²) in [6.45, 7) is 0. The maximum Gasteiger partial charge on any atom is 0.269 e. The molecule has 1 N–H and O–H groups in total. The molecule has 1 aliphatic carbocycles. The van der Waals surface area contributed by atoms with Gasteiger partial charge in [-0.3, -0.25) is 15.5 Å². The predicted octanol–water partition coefficient (Wildman–Crippen LogP) is 3.34. The van der Waals surface area contributed by atoms with Gasteiger partial charge in [0, 0.05) is 24.1 Å². The minimum Gasteiger partial charge on any atom is -0.469 e. The van der Waals surface area contributed by atoms with E-state index in [1.807, 2.05) is 6.07 Å². The van der Waals surface area contributed by atoms with Crippen molar-refractivity contribution in [3.63, 3.8) is 0 Å². The molecule has 2 aromatic rings. The SMILES string of the molecule is O=[N+]([O-])c1ccc(NN=C2CCCc3occc32)cc1. The molecule has 0 saturated carbocycles. The number of fused-ring (bicyclic) bond motifs is 1. The molecule has 1 heterocycles. The summed E-state index contributed by atoms with van der Waals surface area (Å²) in [5, 5.41) is 15.0. The Kier molecular flexibility index (Phi) is 3.20. The zero-order valence-corrected chi connectivity index (χ0v) is 10.7. The lowest BCUT2D eigenvalue weighted by Crippen LogP contribution is -2.11. The van der Waals surface area contributed by atoms with Crippen molar-refractivity contribution in [3.8, 4) is 0 Å². The summed E-state index contributed by atoms with van der Waals surface area (Å²) in [5.74, 6) is 0.973. The minimum absolute atomic E-state index is 0.0676. The first-order chi connectivity index (χ1) is 9.74. The number of nitro groups is 1. The van der Waals surface area contributed by atoms with E-state index in [1.165, 1.54) is 12.1 Å². The van der Waals surface area contributed by atoms with Gasteiger partial charge in [-0.05, 0) is 31.0 Å². The number of nitrogens with zero attached hydrogens (tertiary/aromatic N) is 2. The number of benzene rings is 1. The van der Waals surface area contributed by atoms with Gasteiger partial charge in [-0.2, -0.15) is 5.10 Å². The van der Waals surface area contributed by atoms with Crippen molar-refractivity contribution in [1.82, 2.24) is 0 Å². The minimum atomic E-state index is -0.422. The van der Waals surface area contributed by atoms with Crippen LogP contribution < -0.4 is 5.43 Å². The number of anilines is 1. The van der Waals surface area contributed by atoms with Crippen LogP contribution in [0.2, 0.25) is 0 Å². The third-order valence-electron chi connectivity index (χ3n) is 3.27. The smallest absolute Gasteiger partial charge is 0.269 e. The number of hydrogen-bond acceptors (Lipinski definition) is 5. The zero-order valence-electron chi connectivity index (χ0n) is 10.7. The highest BCUT2D eigenvalue weighted by Gasteiger charge is 2.18. The van der Waals surface area contributed by atoms with Crippen molar-refractivity contribution in [2.45, 2.75) is 19.3 Å². The number of hydrogen-bond donors (Lipinski definition) is 1. The van der Waals surface area contributed by atoms with E-state index in [9.17, 15) is 10.1 Å². The fourth-order valence-electron chi connectivity index (χ4n) is 2.25. The zero-order chi connectivity index (χ0) is 13.9. The van der Waals surface area contributed by atoms with Crippen LogP contribution in [-0.2, 0) is 6.42 Å². The number of nitro benzene ring substituents is 1. The van der Waals surface area contributed by atoms with Gasteiger partial charge in [-0.1, -0.05) is 0 Å². The van der Waals surface area contributed by atoms with Crippen LogP contribution in [0.1, 0.15) is 24.2 Å². The first-order valence-corrected chi connectivity index (χ1v) is 6.38. The highest BCUT2D eigenvalue weighted by atomic mass is 16.6. The Morgan fingerprint density at radius 2 is 2.00 bits per heavy atom. The van der Waals surface area contributed by atoms with Crippen LogP contribution in [0, 0.1) is 10.1 Å². The fraction of sp³-hybridized carbons (Fsp3) is 0.214. The molecule has 1 aromatic carbocycles. The van der Waals surface area contributed by atoms with E-state index in [0.717, 1.165) is 42.0 Å². The van der Waals surface area contributed by atoms with Gasteiger partial charge in [0.25, 0.3) is 5.69 Å². The molecule has 102 valence electrons. The average molecular weight is 271 g/mol. The molecule has 0 unspecified atom stereocenters. The van der Waals surface area contributed by atoms with Crippen molar-refractivity contribution in [1.29, 1.82) is 0 Å². The molecule has 0 radical (unpaired) electrons. The third-order valence-corrected chi connectivity index (χ3v) is 3.27. The highest BCUT2D eigenvalue weighted by Crippen LogP contribution is 2.23. The van der Waals surface area contributed by atoms with Crippen molar-refractivity contribution >= 4 is 17.1 Å². The van der Waals surface area contributed by atoms with Gasteiger partial charge in [0.05, 0.1) is 22.6 Å². The van der Waals surface area contributed by atoms with Crippen LogP contribution in [-0.4, -0.2) is 10.6 Å². The topological polar surface area (TPSA) is 80.7 Å². The first kappa shape index (κ1) is 12.4. The number of aryl methyl sites for hydroxylation is 1. The van der Waals surface area contributed by atoms with E-state index in [1.54, 1.807) is 18.4 Å². The van der Waals surface area contributed by atoms with E-state index in [0.29, 0.717) is 0 Å². The van der Waals surface area contributed by atoms with E-state index in [4.69, 9.17) is 4.42 Å². The normalized spacial score (nSPS) is 15.9. The van der Waals surface area contributed by atoms with Crippen molar-refractivity contribution in [2.75, 3.05) is 5.43 Å². The molecular formula is C14H13N3O3. The Labute approximate surface area is 115 Å². The summed E-state index contributed by atoms with van der Waals surface area (Å²) >= 11 is 0. The Morgan fingerprint density at radius 3 is 2.75 bits per heavy atom. The van der Waals surface area contributed by atoms with E-state index < -0.39 is 4.92 Å². The third kappa shape index (κ3) is 2.40. The quantitative estimate of drug-likeness (QED) is 0.685. The maximum atomic E-state index is 10.6. The maximum absolute atomic E-state index is 10.6. The molecule has 0 atom stereocenters. The molecule has 1 aliphatic rings. The number of non-ortho nitro benzene ring substituents is 1. The summed E-state index contributed by atoms with van der Waals surface area (Å²) < 4.78 is 5.40. The van der Waals surface area contributed by atoms with Gasteiger partial charge >= 0.3 is 0 Å².